The largest absolute Gasteiger partial charge is 0.491 e. The van der Waals surface area contributed by atoms with Gasteiger partial charge in [0.2, 0.25) is 0 Å². The lowest BCUT2D eigenvalue weighted by Gasteiger charge is -2.17. The molecule has 1 atom stereocenters. The monoisotopic (exact) mass is 335 g/mol. The van der Waals surface area contributed by atoms with E-state index in [1.807, 2.05) is 6.92 Å². The summed E-state index contributed by atoms with van der Waals surface area (Å²) in [6, 6.07) is 4.84. The van der Waals surface area contributed by atoms with Crippen molar-refractivity contribution in [2.24, 2.45) is 11.8 Å². The minimum atomic E-state index is -2.71. The van der Waals surface area contributed by atoms with Gasteiger partial charge in [0.05, 0.1) is 18.0 Å². The molecule has 0 radical (unpaired) electrons. The van der Waals surface area contributed by atoms with Gasteiger partial charge in [0.15, 0.2) is 0 Å². The van der Waals surface area contributed by atoms with Crippen LogP contribution in [0.5, 0.6) is 5.75 Å². The first-order valence-corrected chi connectivity index (χ1v) is 8.08. The minimum absolute atomic E-state index is 0.134. The van der Waals surface area contributed by atoms with Crippen molar-refractivity contribution in [3.63, 3.8) is 0 Å². The van der Waals surface area contributed by atoms with E-state index >= 15 is 0 Å². The van der Waals surface area contributed by atoms with Gasteiger partial charge in [-0.2, -0.15) is 0 Å². The second kappa shape index (κ2) is 8.13. The van der Waals surface area contributed by atoms with Crippen LogP contribution in [-0.4, -0.2) is 21.6 Å². The van der Waals surface area contributed by atoms with Crippen LogP contribution in [-0.2, 0) is 0 Å². The van der Waals surface area contributed by atoms with Crippen molar-refractivity contribution in [1.29, 1.82) is 0 Å². The van der Waals surface area contributed by atoms with E-state index in [0.717, 1.165) is 6.42 Å². The molecule has 2 aromatic heterocycles. The highest BCUT2D eigenvalue weighted by Gasteiger charge is 2.19. The number of hydrogen-bond donors (Lipinski definition) is 0. The van der Waals surface area contributed by atoms with Crippen LogP contribution >= 0.6 is 0 Å². The lowest BCUT2D eigenvalue weighted by Crippen LogP contribution is -2.12. The molecule has 4 nitrogen and oxygen atoms in total. The van der Waals surface area contributed by atoms with Crippen molar-refractivity contribution in [3.05, 3.63) is 35.9 Å². The van der Waals surface area contributed by atoms with Crippen molar-refractivity contribution in [3.8, 4) is 17.1 Å². The standard InChI is InChI=1S/C18H23F2N3O/c1-11(2)9-12(3)10-24-16-6-5-14(23-17(16)18(19)20)15-7-8-21-13(4)22-15/h5-8,11-12,18H,9-10H2,1-4H3. The van der Waals surface area contributed by atoms with E-state index in [4.69, 9.17) is 4.74 Å². The van der Waals surface area contributed by atoms with Crippen LogP contribution in [0.4, 0.5) is 8.78 Å². The Balaban J connectivity index is 2.21. The smallest absolute Gasteiger partial charge is 0.284 e. The summed E-state index contributed by atoms with van der Waals surface area (Å²) in [6.45, 7) is 8.44. The molecule has 0 aliphatic rings. The van der Waals surface area contributed by atoms with E-state index < -0.39 is 6.43 Å². The number of ether oxygens (including phenoxy) is 1. The van der Waals surface area contributed by atoms with Gasteiger partial charge in [-0.3, -0.25) is 0 Å². The van der Waals surface area contributed by atoms with Crippen molar-refractivity contribution in [1.82, 2.24) is 15.0 Å². The molecule has 24 heavy (non-hydrogen) atoms. The third-order valence-corrected chi connectivity index (χ3v) is 3.53. The molecule has 0 saturated heterocycles. The molecular weight excluding hydrogens is 312 g/mol. The van der Waals surface area contributed by atoms with E-state index in [1.165, 1.54) is 0 Å². The summed E-state index contributed by atoms with van der Waals surface area (Å²) in [5.41, 5.74) is 0.558. The fourth-order valence-electron chi connectivity index (χ4n) is 2.59. The van der Waals surface area contributed by atoms with Crippen LogP contribution in [0.25, 0.3) is 11.4 Å². The maximum Gasteiger partial charge on any atom is 0.284 e. The molecule has 0 saturated carbocycles. The Bertz CT molecular complexity index is 677. The Morgan fingerprint density at radius 2 is 1.75 bits per heavy atom. The molecule has 2 aromatic rings. The molecule has 1 unspecified atom stereocenters. The lowest BCUT2D eigenvalue weighted by molar-refractivity contribution is 0.137. The highest BCUT2D eigenvalue weighted by Crippen LogP contribution is 2.30. The van der Waals surface area contributed by atoms with Gasteiger partial charge in [0, 0.05) is 6.20 Å². The SMILES string of the molecule is Cc1nccc(-c2ccc(OCC(C)CC(C)C)c(C(F)F)n2)n1. The molecule has 0 fully saturated rings. The van der Waals surface area contributed by atoms with Gasteiger partial charge in [-0.05, 0) is 43.4 Å². The molecule has 0 spiro atoms. The van der Waals surface area contributed by atoms with Crippen LogP contribution in [0.15, 0.2) is 24.4 Å². The van der Waals surface area contributed by atoms with E-state index in [2.05, 4.69) is 28.8 Å². The number of aromatic nitrogens is 3. The van der Waals surface area contributed by atoms with Crippen molar-refractivity contribution >= 4 is 0 Å². The fraction of sp³-hybridized carbons (Fsp3) is 0.500. The normalized spacial score (nSPS) is 12.7. The zero-order valence-corrected chi connectivity index (χ0v) is 14.5. The van der Waals surface area contributed by atoms with Crippen LogP contribution in [0.2, 0.25) is 0 Å². The summed E-state index contributed by atoms with van der Waals surface area (Å²) in [7, 11) is 0. The van der Waals surface area contributed by atoms with E-state index in [1.54, 1.807) is 31.3 Å². The quantitative estimate of drug-likeness (QED) is 0.726. The number of nitrogens with zero attached hydrogens (tertiary/aromatic N) is 3. The van der Waals surface area contributed by atoms with Crippen LogP contribution in [0.3, 0.4) is 0 Å². The van der Waals surface area contributed by atoms with Gasteiger partial charge in [0.1, 0.15) is 17.3 Å². The first-order chi connectivity index (χ1) is 11.4. The molecule has 6 heteroatoms. The second-order valence-corrected chi connectivity index (χ2v) is 6.42. The first kappa shape index (κ1) is 18.2. The summed E-state index contributed by atoms with van der Waals surface area (Å²) in [5.74, 6) is 1.53. The molecule has 0 amide bonds. The molecule has 2 rings (SSSR count). The summed E-state index contributed by atoms with van der Waals surface area (Å²) in [5, 5.41) is 0. The molecule has 0 bridgehead atoms. The average molecular weight is 335 g/mol. The maximum atomic E-state index is 13.4. The van der Waals surface area contributed by atoms with Crippen molar-refractivity contribution in [2.75, 3.05) is 6.61 Å². The number of alkyl halides is 2. The molecule has 130 valence electrons. The molecule has 0 aromatic carbocycles. The lowest BCUT2D eigenvalue weighted by atomic mass is 10.00. The highest BCUT2D eigenvalue weighted by atomic mass is 19.3. The predicted molar refractivity (Wildman–Crippen MR) is 89.1 cm³/mol. The third-order valence-electron chi connectivity index (χ3n) is 3.53. The van der Waals surface area contributed by atoms with Gasteiger partial charge in [-0.1, -0.05) is 20.8 Å². The Labute approximate surface area is 141 Å². The highest BCUT2D eigenvalue weighted by molar-refractivity contribution is 5.55. The Morgan fingerprint density at radius 3 is 2.38 bits per heavy atom. The topological polar surface area (TPSA) is 47.9 Å². The second-order valence-electron chi connectivity index (χ2n) is 6.42. The summed E-state index contributed by atoms with van der Waals surface area (Å²) < 4.78 is 32.3. The average Bonchev–Trinajstić information content (AvgIpc) is 2.52. The van der Waals surface area contributed by atoms with E-state index in [9.17, 15) is 8.78 Å². The number of hydrogen-bond acceptors (Lipinski definition) is 4. The van der Waals surface area contributed by atoms with Gasteiger partial charge < -0.3 is 4.74 Å². The van der Waals surface area contributed by atoms with Gasteiger partial charge >= 0.3 is 0 Å². The van der Waals surface area contributed by atoms with Gasteiger partial charge in [0.25, 0.3) is 6.43 Å². The molecular formula is C18H23F2N3O. The molecule has 0 aliphatic carbocycles. The maximum absolute atomic E-state index is 13.4. The van der Waals surface area contributed by atoms with Crippen LogP contribution < -0.4 is 4.74 Å². The summed E-state index contributed by atoms with van der Waals surface area (Å²) >= 11 is 0. The zero-order valence-electron chi connectivity index (χ0n) is 14.5. The first-order valence-electron chi connectivity index (χ1n) is 8.08. The van der Waals surface area contributed by atoms with Crippen LogP contribution in [0.1, 0.15) is 45.1 Å². The number of aryl methyl sites for hydroxylation is 1. The van der Waals surface area contributed by atoms with Crippen LogP contribution in [0, 0.1) is 18.8 Å². The molecule has 0 N–H and O–H groups in total. The number of halogens is 2. The number of rotatable bonds is 7. The third kappa shape index (κ3) is 4.94. The predicted octanol–water partition coefficient (Wildman–Crippen LogP) is 4.85. The van der Waals surface area contributed by atoms with Crippen molar-refractivity contribution in [2.45, 2.75) is 40.5 Å². The van der Waals surface area contributed by atoms with Gasteiger partial charge in [-0.15, -0.1) is 0 Å². The Kier molecular flexibility index (Phi) is 6.17. The molecule has 2 heterocycles. The van der Waals surface area contributed by atoms with Crippen molar-refractivity contribution < 1.29 is 13.5 Å². The van der Waals surface area contributed by atoms with E-state index in [-0.39, 0.29) is 11.4 Å². The molecule has 0 aliphatic heterocycles. The summed E-state index contributed by atoms with van der Waals surface area (Å²) in [4.78, 5) is 12.3. The van der Waals surface area contributed by atoms with E-state index in [0.29, 0.717) is 35.7 Å². The Morgan fingerprint density at radius 1 is 1.04 bits per heavy atom. The fourth-order valence-corrected chi connectivity index (χ4v) is 2.59. The van der Waals surface area contributed by atoms with Gasteiger partial charge in [-0.25, -0.2) is 23.7 Å². The minimum Gasteiger partial charge on any atom is -0.491 e. The Hall–Kier alpha value is -2.11. The summed E-state index contributed by atoms with van der Waals surface area (Å²) in [6.07, 6.45) is -0.141. The number of pyridine rings is 1. The zero-order chi connectivity index (χ0) is 17.7.